The first-order chi connectivity index (χ1) is 21.1. The fraction of sp³-hybridized carbons (Fsp3) is 0.600. The van der Waals surface area contributed by atoms with Gasteiger partial charge in [0.1, 0.15) is 0 Å². The van der Waals surface area contributed by atoms with Gasteiger partial charge in [-0.25, -0.2) is 0 Å². The van der Waals surface area contributed by atoms with Crippen molar-refractivity contribution in [2.45, 2.75) is 88.5 Å². The van der Waals surface area contributed by atoms with Gasteiger partial charge in [-0.1, -0.05) is 147 Å². The fourth-order valence-corrected chi connectivity index (χ4v) is 10.2. The van der Waals surface area contributed by atoms with E-state index in [1.54, 1.807) is 0 Å². The molecule has 2 saturated carbocycles. The van der Waals surface area contributed by atoms with E-state index in [2.05, 4.69) is 155 Å². The van der Waals surface area contributed by atoms with Gasteiger partial charge in [-0.05, 0) is 124 Å². The quantitative estimate of drug-likeness (QED) is 0.265. The molecule has 10 unspecified atom stereocenters. The summed E-state index contributed by atoms with van der Waals surface area (Å²) in [6.45, 7) is 28.1. The summed E-state index contributed by atoms with van der Waals surface area (Å²) in [4.78, 5) is 0. The molecule has 2 fully saturated rings. The molecule has 45 heavy (non-hydrogen) atoms. The third-order valence-electron chi connectivity index (χ3n) is 12.6. The van der Waals surface area contributed by atoms with Crippen molar-refractivity contribution < 1.29 is 0 Å². The van der Waals surface area contributed by atoms with Crippen LogP contribution in [0.5, 0.6) is 0 Å². The number of hydrogen-bond acceptors (Lipinski definition) is 0. The van der Waals surface area contributed by atoms with E-state index in [0.717, 1.165) is 6.42 Å². The summed E-state index contributed by atoms with van der Waals surface area (Å²) >= 11 is 0. The second kappa shape index (κ2) is 11.7. The lowest BCUT2D eigenvalue weighted by molar-refractivity contribution is 0.168. The van der Waals surface area contributed by atoms with Gasteiger partial charge in [-0.2, -0.15) is 0 Å². The second-order valence-corrected chi connectivity index (χ2v) is 18.7. The standard InChI is InChI=1S/C45H62/c1-12-13-14-29(24-38-37-23-28(2)15-19-33(37)34-20-16-30(25-39(34)38)43(3,4)5)42-40-26-31(44(6,7)8)17-21-35(40)36-22-18-32(27-41(36)42)45(9,10)11/h12,15-23,25-27,29,33-42H,1,13-14,24H2,2-11H3. The minimum absolute atomic E-state index is 0.171. The van der Waals surface area contributed by atoms with E-state index in [-0.39, 0.29) is 16.2 Å². The molecule has 0 aliphatic heterocycles. The lowest BCUT2D eigenvalue weighted by Crippen LogP contribution is -2.31. The smallest absolute Gasteiger partial charge is 0.00953 e. The number of fused-ring (bicyclic) bond motifs is 6. The lowest BCUT2D eigenvalue weighted by Gasteiger charge is -2.39. The van der Waals surface area contributed by atoms with Crippen LogP contribution >= 0.6 is 0 Å². The summed E-state index contributed by atoms with van der Waals surface area (Å²) in [6, 6.07) is 0. The molecule has 242 valence electrons. The Bertz CT molecular complexity index is 1350. The topological polar surface area (TPSA) is 0 Å². The highest BCUT2D eigenvalue weighted by Crippen LogP contribution is 2.61. The maximum atomic E-state index is 4.24. The average molecular weight is 603 g/mol. The molecule has 6 rings (SSSR count). The monoisotopic (exact) mass is 602 g/mol. The van der Waals surface area contributed by atoms with Crippen molar-refractivity contribution in [2.24, 2.45) is 81.3 Å². The van der Waals surface area contributed by atoms with Crippen LogP contribution in [-0.2, 0) is 0 Å². The van der Waals surface area contributed by atoms with Crippen molar-refractivity contribution >= 4 is 0 Å². The molecule has 0 amide bonds. The van der Waals surface area contributed by atoms with Crippen LogP contribution in [0.4, 0.5) is 0 Å². The first kappa shape index (κ1) is 32.6. The Balaban J connectivity index is 1.44. The zero-order valence-corrected chi connectivity index (χ0v) is 30.2. The van der Waals surface area contributed by atoms with Gasteiger partial charge in [0.2, 0.25) is 0 Å². The molecule has 10 atom stereocenters. The molecule has 0 bridgehead atoms. The summed E-state index contributed by atoms with van der Waals surface area (Å²) < 4.78 is 0. The minimum atomic E-state index is 0.171. The third-order valence-corrected chi connectivity index (χ3v) is 12.6. The van der Waals surface area contributed by atoms with Crippen molar-refractivity contribution in [3.05, 3.63) is 108 Å². The van der Waals surface area contributed by atoms with Gasteiger partial charge in [0.05, 0.1) is 0 Å². The summed E-state index contributed by atoms with van der Waals surface area (Å²) in [7, 11) is 0. The Kier molecular flexibility index (Phi) is 8.49. The van der Waals surface area contributed by atoms with Gasteiger partial charge in [0, 0.05) is 0 Å². The van der Waals surface area contributed by atoms with Crippen LogP contribution in [-0.4, -0.2) is 0 Å². The molecular formula is C45H62. The summed E-state index contributed by atoms with van der Waals surface area (Å²) in [6.07, 6.45) is 37.0. The number of hydrogen-bond donors (Lipinski definition) is 0. The molecule has 0 nitrogen and oxygen atoms in total. The molecule has 0 N–H and O–H groups in total. The normalized spacial score (nSPS) is 37.6. The van der Waals surface area contributed by atoms with Gasteiger partial charge < -0.3 is 0 Å². The molecule has 0 heteroatoms. The van der Waals surface area contributed by atoms with Gasteiger partial charge >= 0.3 is 0 Å². The van der Waals surface area contributed by atoms with Crippen LogP contribution in [0.3, 0.4) is 0 Å². The molecule has 0 radical (unpaired) electrons. The van der Waals surface area contributed by atoms with E-state index in [1.807, 2.05) is 0 Å². The molecule has 6 aliphatic rings. The molecule has 0 aromatic rings. The van der Waals surface area contributed by atoms with E-state index >= 15 is 0 Å². The van der Waals surface area contributed by atoms with Gasteiger partial charge in [-0.15, -0.1) is 6.58 Å². The van der Waals surface area contributed by atoms with Crippen LogP contribution < -0.4 is 0 Å². The summed E-state index contributed by atoms with van der Waals surface area (Å²) in [5.74, 6) is 6.85. The zero-order valence-electron chi connectivity index (χ0n) is 30.2. The molecule has 0 saturated heterocycles. The molecule has 0 spiro atoms. The highest BCUT2D eigenvalue weighted by molar-refractivity contribution is 5.40. The minimum Gasteiger partial charge on any atom is -0.103 e. The highest BCUT2D eigenvalue weighted by Gasteiger charge is 2.54. The molecule has 0 aromatic heterocycles. The Morgan fingerprint density at radius 2 is 0.978 bits per heavy atom. The molecule has 0 heterocycles. The van der Waals surface area contributed by atoms with Gasteiger partial charge in [0.15, 0.2) is 0 Å². The molecular weight excluding hydrogens is 540 g/mol. The van der Waals surface area contributed by atoms with Crippen LogP contribution in [0, 0.1) is 81.3 Å². The number of rotatable bonds is 6. The first-order valence-corrected chi connectivity index (χ1v) is 18.3. The SMILES string of the molecule is C=CCCC(CC1C2C=C(C)C=CC2C2C=CC(C(C)(C)C)=CC21)C1C2C=C(C(C)(C)C)C=CC2C2C=CC(C(C)(C)C)=CC21. The van der Waals surface area contributed by atoms with Crippen LogP contribution in [0.2, 0.25) is 0 Å². The Morgan fingerprint density at radius 3 is 1.42 bits per heavy atom. The third kappa shape index (κ3) is 6.10. The molecule has 6 aliphatic carbocycles. The maximum absolute atomic E-state index is 4.24. The predicted octanol–water partition coefficient (Wildman–Crippen LogP) is 12.3. The van der Waals surface area contributed by atoms with Crippen LogP contribution in [0.15, 0.2) is 108 Å². The van der Waals surface area contributed by atoms with Gasteiger partial charge in [-0.3, -0.25) is 0 Å². The van der Waals surface area contributed by atoms with Crippen molar-refractivity contribution in [3.8, 4) is 0 Å². The Labute approximate surface area is 277 Å². The van der Waals surface area contributed by atoms with E-state index < -0.39 is 0 Å². The van der Waals surface area contributed by atoms with E-state index in [9.17, 15) is 0 Å². The van der Waals surface area contributed by atoms with E-state index in [0.29, 0.717) is 65.1 Å². The summed E-state index contributed by atoms with van der Waals surface area (Å²) in [5, 5.41) is 0. The van der Waals surface area contributed by atoms with Crippen molar-refractivity contribution in [3.63, 3.8) is 0 Å². The van der Waals surface area contributed by atoms with Crippen LogP contribution in [0.25, 0.3) is 0 Å². The highest BCUT2D eigenvalue weighted by atomic mass is 14.6. The largest absolute Gasteiger partial charge is 0.103 e. The predicted molar refractivity (Wildman–Crippen MR) is 195 cm³/mol. The average Bonchev–Trinajstić information content (AvgIpc) is 3.44. The van der Waals surface area contributed by atoms with Crippen molar-refractivity contribution in [2.75, 3.05) is 0 Å². The van der Waals surface area contributed by atoms with E-state index in [4.69, 9.17) is 0 Å². The van der Waals surface area contributed by atoms with Crippen molar-refractivity contribution in [1.29, 1.82) is 0 Å². The maximum Gasteiger partial charge on any atom is -0.00953 e. The van der Waals surface area contributed by atoms with E-state index in [1.165, 1.54) is 35.1 Å². The Hall–Kier alpha value is -2.34. The second-order valence-electron chi connectivity index (χ2n) is 18.7. The molecule has 0 aromatic carbocycles. The first-order valence-electron chi connectivity index (χ1n) is 18.3. The fourth-order valence-electron chi connectivity index (χ4n) is 10.2. The Morgan fingerprint density at radius 1 is 0.578 bits per heavy atom. The number of allylic oxidation sites excluding steroid dienone is 17. The van der Waals surface area contributed by atoms with Crippen LogP contribution in [0.1, 0.15) is 88.5 Å². The summed E-state index contributed by atoms with van der Waals surface area (Å²) in [5.41, 5.74) is 6.58. The zero-order chi connectivity index (χ0) is 32.5. The van der Waals surface area contributed by atoms with Gasteiger partial charge in [0.25, 0.3) is 0 Å². The lowest BCUT2D eigenvalue weighted by atomic mass is 9.66. The van der Waals surface area contributed by atoms with Crippen molar-refractivity contribution in [1.82, 2.24) is 0 Å².